The fourth-order valence-corrected chi connectivity index (χ4v) is 8.51. The SMILES string of the molecule is CCCCOC12C[C@@H]1C[C@H]1[C@@H]3CCC4=CC(=O)CCC4=C3[C@@H](c3ccc(C(C)=O)cc3)C[C@@]12C. The van der Waals surface area contributed by atoms with E-state index in [2.05, 4.69) is 26.0 Å². The molecule has 0 amide bonds. The van der Waals surface area contributed by atoms with Crippen molar-refractivity contribution in [2.75, 3.05) is 6.61 Å². The van der Waals surface area contributed by atoms with Crippen molar-refractivity contribution in [3.05, 3.63) is 58.2 Å². The number of carbonyl (C=O) groups is 2. The topological polar surface area (TPSA) is 43.4 Å². The molecule has 0 heterocycles. The van der Waals surface area contributed by atoms with Crippen LogP contribution in [0.15, 0.2) is 47.1 Å². The van der Waals surface area contributed by atoms with Gasteiger partial charge >= 0.3 is 0 Å². The van der Waals surface area contributed by atoms with Crippen molar-refractivity contribution < 1.29 is 14.3 Å². The Morgan fingerprint density at radius 2 is 1.91 bits per heavy atom. The van der Waals surface area contributed by atoms with Crippen molar-refractivity contribution in [3.8, 4) is 0 Å². The average Bonchev–Trinajstić information content (AvgIpc) is 3.48. The first-order valence-corrected chi connectivity index (χ1v) is 13.6. The molecule has 0 saturated heterocycles. The van der Waals surface area contributed by atoms with E-state index in [0.717, 1.165) is 44.3 Å². The van der Waals surface area contributed by atoms with Crippen LogP contribution in [0.25, 0.3) is 0 Å². The number of ether oxygens (including phenoxy) is 1. The molecule has 5 aliphatic rings. The number of allylic oxidation sites excluding steroid dienone is 4. The van der Waals surface area contributed by atoms with Crippen LogP contribution in [0.2, 0.25) is 0 Å². The molecule has 5 aliphatic carbocycles. The van der Waals surface area contributed by atoms with Gasteiger partial charge in [-0.1, -0.05) is 50.1 Å². The summed E-state index contributed by atoms with van der Waals surface area (Å²) in [6, 6.07) is 8.42. The number of hydrogen-bond acceptors (Lipinski definition) is 3. The third-order valence-electron chi connectivity index (χ3n) is 10.3. The van der Waals surface area contributed by atoms with Crippen LogP contribution in [-0.2, 0) is 9.53 Å². The second kappa shape index (κ2) is 8.01. The predicted molar refractivity (Wildman–Crippen MR) is 134 cm³/mol. The van der Waals surface area contributed by atoms with Crippen LogP contribution in [0.1, 0.15) is 100 Å². The van der Waals surface area contributed by atoms with Gasteiger partial charge in [0.2, 0.25) is 0 Å². The molecule has 0 aromatic heterocycles. The zero-order chi connectivity index (χ0) is 23.7. The van der Waals surface area contributed by atoms with Crippen molar-refractivity contribution in [1.82, 2.24) is 0 Å². The Morgan fingerprint density at radius 3 is 2.65 bits per heavy atom. The molecular weight excluding hydrogens is 420 g/mol. The Morgan fingerprint density at radius 1 is 1.12 bits per heavy atom. The van der Waals surface area contributed by atoms with Gasteiger partial charge in [0, 0.05) is 29.9 Å². The summed E-state index contributed by atoms with van der Waals surface area (Å²) in [6.07, 6.45) is 11.7. The van der Waals surface area contributed by atoms with Crippen LogP contribution >= 0.6 is 0 Å². The number of carbonyl (C=O) groups excluding carboxylic acids is 2. The molecule has 0 bridgehead atoms. The Bertz CT molecular complexity index is 1090. The van der Waals surface area contributed by atoms with E-state index in [0.29, 0.717) is 35.9 Å². The second-order valence-electron chi connectivity index (χ2n) is 11.9. The minimum absolute atomic E-state index is 0.0687. The third-order valence-corrected chi connectivity index (χ3v) is 10.3. The number of rotatable bonds is 6. The Balaban J connectivity index is 1.44. The molecule has 0 aliphatic heterocycles. The van der Waals surface area contributed by atoms with E-state index in [1.54, 1.807) is 12.5 Å². The molecule has 0 radical (unpaired) electrons. The summed E-state index contributed by atoms with van der Waals surface area (Å²) >= 11 is 0. The molecule has 1 unspecified atom stereocenters. The maximum absolute atomic E-state index is 12.2. The molecule has 0 N–H and O–H groups in total. The molecule has 3 fully saturated rings. The summed E-state index contributed by atoms with van der Waals surface area (Å²) in [7, 11) is 0. The fraction of sp³-hybridized carbons (Fsp3) is 0.613. The first kappa shape index (κ1) is 22.5. The summed E-state index contributed by atoms with van der Waals surface area (Å²) in [4.78, 5) is 24.2. The summed E-state index contributed by atoms with van der Waals surface area (Å²) in [5.41, 5.74) is 6.83. The first-order valence-electron chi connectivity index (χ1n) is 13.6. The smallest absolute Gasteiger partial charge is 0.159 e. The van der Waals surface area contributed by atoms with E-state index in [9.17, 15) is 9.59 Å². The molecule has 34 heavy (non-hydrogen) atoms. The van der Waals surface area contributed by atoms with E-state index in [1.165, 1.54) is 36.0 Å². The van der Waals surface area contributed by atoms with Gasteiger partial charge in [-0.15, -0.1) is 0 Å². The molecule has 3 heteroatoms. The molecular formula is C31H38O3. The molecule has 1 aromatic carbocycles. The zero-order valence-electron chi connectivity index (χ0n) is 21.0. The number of ketones is 2. The number of hydrogen-bond donors (Lipinski definition) is 0. The third kappa shape index (κ3) is 3.19. The van der Waals surface area contributed by atoms with Crippen LogP contribution in [0, 0.1) is 23.2 Å². The number of unbranched alkanes of at least 4 members (excludes halogenated alkanes) is 1. The summed E-state index contributed by atoms with van der Waals surface area (Å²) in [6.45, 7) is 7.32. The monoisotopic (exact) mass is 458 g/mol. The first-order chi connectivity index (χ1) is 16.4. The van der Waals surface area contributed by atoms with Crippen LogP contribution in [0.5, 0.6) is 0 Å². The molecule has 0 spiro atoms. The Hall–Kier alpha value is -2.00. The zero-order valence-corrected chi connectivity index (χ0v) is 21.0. The molecule has 3 nitrogen and oxygen atoms in total. The van der Waals surface area contributed by atoms with Crippen LogP contribution in [0.4, 0.5) is 0 Å². The lowest BCUT2D eigenvalue weighted by Crippen LogP contribution is -2.49. The highest BCUT2D eigenvalue weighted by Gasteiger charge is 2.75. The van der Waals surface area contributed by atoms with Gasteiger partial charge in [0.15, 0.2) is 11.6 Å². The van der Waals surface area contributed by atoms with Crippen molar-refractivity contribution in [2.24, 2.45) is 23.2 Å². The second-order valence-corrected chi connectivity index (χ2v) is 11.9. The van der Waals surface area contributed by atoms with Crippen molar-refractivity contribution in [2.45, 2.75) is 90.1 Å². The van der Waals surface area contributed by atoms with Gasteiger partial charge in [-0.3, -0.25) is 9.59 Å². The largest absolute Gasteiger partial charge is 0.374 e. The van der Waals surface area contributed by atoms with Gasteiger partial charge in [0.1, 0.15) is 0 Å². The van der Waals surface area contributed by atoms with E-state index in [1.807, 2.05) is 18.2 Å². The van der Waals surface area contributed by atoms with Crippen molar-refractivity contribution in [1.29, 1.82) is 0 Å². The van der Waals surface area contributed by atoms with Gasteiger partial charge in [-0.25, -0.2) is 0 Å². The highest BCUT2D eigenvalue weighted by Crippen LogP contribution is 2.77. The standard InChI is InChI=1S/C31H38O3/c1-4-5-14-34-31-17-23(31)16-28-26-12-10-22-15-24(33)11-13-25(22)29(26)27(18-30(28,31)3)21-8-6-20(7-9-21)19(2)32/h6-9,15,23,26-28H,4-5,10-14,16-18H2,1-3H3/t23-,26-,27+,28-,30-,31?/m0/s1. The molecule has 180 valence electrons. The van der Waals surface area contributed by atoms with E-state index < -0.39 is 0 Å². The maximum Gasteiger partial charge on any atom is 0.159 e. The summed E-state index contributed by atoms with van der Waals surface area (Å²) in [5, 5.41) is 0. The van der Waals surface area contributed by atoms with Gasteiger partial charge in [0.25, 0.3) is 0 Å². The van der Waals surface area contributed by atoms with Gasteiger partial charge in [-0.2, -0.15) is 0 Å². The van der Waals surface area contributed by atoms with Crippen LogP contribution in [-0.4, -0.2) is 23.8 Å². The predicted octanol–water partition coefficient (Wildman–Crippen LogP) is 6.97. The molecule has 1 aromatic rings. The lowest BCUT2D eigenvalue weighted by Gasteiger charge is -2.54. The number of fused-ring (bicyclic) bond motifs is 6. The minimum Gasteiger partial charge on any atom is -0.374 e. The minimum atomic E-state index is 0.0687. The van der Waals surface area contributed by atoms with E-state index >= 15 is 0 Å². The molecule has 6 atom stereocenters. The van der Waals surface area contributed by atoms with E-state index in [4.69, 9.17) is 4.74 Å². The maximum atomic E-state index is 12.2. The van der Waals surface area contributed by atoms with Gasteiger partial charge in [0.05, 0.1) is 5.60 Å². The number of benzene rings is 1. The quantitative estimate of drug-likeness (QED) is 0.341. The summed E-state index contributed by atoms with van der Waals surface area (Å²) in [5.74, 6) is 2.76. The Kier molecular flexibility index (Phi) is 5.30. The fourth-order valence-electron chi connectivity index (χ4n) is 8.51. The van der Waals surface area contributed by atoms with Crippen molar-refractivity contribution in [3.63, 3.8) is 0 Å². The van der Waals surface area contributed by atoms with E-state index in [-0.39, 0.29) is 16.8 Å². The van der Waals surface area contributed by atoms with Crippen LogP contribution in [0.3, 0.4) is 0 Å². The lowest BCUT2D eigenvalue weighted by molar-refractivity contribution is -0.114. The van der Waals surface area contributed by atoms with Gasteiger partial charge in [-0.05, 0) is 92.4 Å². The molecule has 3 saturated carbocycles. The van der Waals surface area contributed by atoms with Gasteiger partial charge < -0.3 is 4.74 Å². The van der Waals surface area contributed by atoms with Crippen molar-refractivity contribution >= 4 is 11.6 Å². The molecule has 6 rings (SSSR count). The average molecular weight is 459 g/mol. The normalized spacial score (nSPS) is 38.0. The number of Topliss-reactive ketones (excluding diaryl/α,β-unsaturated/α-hetero) is 1. The Labute approximate surface area is 204 Å². The highest BCUT2D eigenvalue weighted by atomic mass is 16.5. The lowest BCUT2D eigenvalue weighted by atomic mass is 9.51. The summed E-state index contributed by atoms with van der Waals surface area (Å²) < 4.78 is 6.80. The van der Waals surface area contributed by atoms with Crippen LogP contribution < -0.4 is 0 Å². The highest BCUT2D eigenvalue weighted by molar-refractivity contribution is 5.94.